The van der Waals surface area contributed by atoms with Crippen LogP contribution in [0.3, 0.4) is 0 Å². The first-order valence-electron chi connectivity index (χ1n) is 10.9. The minimum absolute atomic E-state index is 0.0294. The number of anilines is 2. The van der Waals surface area contributed by atoms with Crippen LogP contribution >= 0.6 is 0 Å². The van der Waals surface area contributed by atoms with Gasteiger partial charge in [0.25, 0.3) is 5.82 Å². The second-order valence-corrected chi connectivity index (χ2v) is 10.3. The van der Waals surface area contributed by atoms with Gasteiger partial charge in [-0.2, -0.15) is 4.98 Å². The molecule has 0 spiro atoms. The molecule has 11 nitrogen and oxygen atoms in total. The van der Waals surface area contributed by atoms with Gasteiger partial charge in [-0.15, -0.1) is 5.10 Å². The number of fused-ring (bicyclic) bond motifs is 1. The summed E-state index contributed by atoms with van der Waals surface area (Å²) in [7, 11) is 3.76. The molecule has 0 aromatic carbocycles. The molecule has 0 unspecified atom stereocenters. The molecule has 11 heteroatoms. The predicted octanol–water partition coefficient (Wildman–Crippen LogP) is 1.70. The fraction of sp³-hybridized carbons (Fsp3) is 0.500. The number of hydrogen-bond donors (Lipinski definition) is 1. The molecule has 5 heterocycles. The molecule has 0 radical (unpaired) electrons. The van der Waals surface area contributed by atoms with E-state index in [0.29, 0.717) is 5.82 Å². The van der Waals surface area contributed by atoms with Crippen LogP contribution in [-0.2, 0) is 18.1 Å². The number of aromatic nitrogens is 8. The quantitative estimate of drug-likeness (QED) is 0.408. The van der Waals surface area contributed by atoms with Crippen molar-refractivity contribution in [2.45, 2.75) is 59.5 Å². The van der Waals surface area contributed by atoms with Crippen molar-refractivity contribution in [2.75, 3.05) is 17.8 Å². The molecular formula is C22H33N11+2. The molecule has 0 atom stereocenters. The van der Waals surface area contributed by atoms with E-state index in [-0.39, 0.29) is 11.1 Å². The summed E-state index contributed by atoms with van der Waals surface area (Å²) in [5.74, 6) is 2.41. The molecule has 2 N–H and O–H groups in total. The Bertz CT molecular complexity index is 1380. The highest BCUT2D eigenvalue weighted by molar-refractivity contribution is 5.97. The Hall–Kier alpha value is -3.63. The summed E-state index contributed by atoms with van der Waals surface area (Å²) < 4.78 is 8.00. The van der Waals surface area contributed by atoms with Gasteiger partial charge >= 0.3 is 5.65 Å². The Morgan fingerprint density at radius 1 is 1.00 bits per heavy atom. The number of aryl methyl sites for hydroxylation is 1. The van der Waals surface area contributed by atoms with Crippen LogP contribution in [0.5, 0.6) is 0 Å². The molecule has 0 bridgehead atoms. The third-order valence-electron chi connectivity index (χ3n) is 5.60. The lowest BCUT2D eigenvalue weighted by molar-refractivity contribution is -0.732. The van der Waals surface area contributed by atoms with Crippen molar-refractivity contribution in [2.24, 2.45) is 12.1 Å². The zero-order valence-corrected chi connectivity index (χ0v) is 20.9. The highest BCUT2D eigenvalue weighted by Gasteiger charge is 2.32. The summed E-state index contributed by atoms with van der Waals surface area (Å²) in [6.45, 7) is 14.8. The van der Waals surface area contributed by atoms with Gasteiger partial charge in [-0.25, -0.2) is 23.7 Å². The van der Waals surface area contributed by atoms with E-state index in [2.05, 4.69) is 82.0 Å². The van der Waals surface area contributed by atoms with Gasteiger partial charge in [-0.1, -0.05) is 9.97 Å². The van der Waals surface area contributed by atoms with Crippen LogP contribution in [0, 0.1) is 0 Å². The third kappa shape index (κ3) is 3.77. The Kier molecular flexibility index (Phi) is 5.10. The normalized spacial score (nSPS) is 13.8. The highest BCUT2D eigenvalue weighted by atomic mass is 15.5. The molecule has 0 saturated carbocycles. The zero-order valence-electron chi connectivity index (χ0n) is 20.9. The van der Waals surface area contributed by atoms with Gasteiger partial charge in [0.05, 0.1) is 18.9 Å². The first kappa shape index (κ1) is 22.6. The summed E-state index contributed by atoms with van der Waals surface area (Å²) in [6.07, 6.45) is 7.14. The maximum atomic E-state index is 5.92. The van der Waals surface area contributed by atoms with Crippen molar-refractivity contribution >= 4 is 39.8 Å². The van der Waals surface area contributed by atoms with Crippen molar-refractivity contribution < 1.29 is 9.13 Å². The van der Waals surface area contributed by atoms with Gasteiger partial charge in [-0.05, 0) is 41.5 Å². The van der Waals surface area contributed by atoms with Gasteiger partial charge in [0.15, 0.2) is 29.8 Å². The summed E-state index contributed by atoms with van der Waals surface area (Å²) in [5, 5.41) is 6.25. The van der Waals surface area contributed by atoms with Crippen LogP contribution in [0.15, 0.2) is 30.4 Å². The number of hydrogen-bond acceptors (Lipinski definition) is 7. The maximum Gasteiger partial charge on any atom is 0.308 e. The molecule has 0 amide bonds. The minimum atomic E-state index is -0.0336. The van der Waals surface area contributed by atoms with Crippen molar-refractivity contribution in [3.05, 3.63) is 25.3 Å². The van der Waals surface area contributed by atoms with E-state index in [1.807, 2.05) is 25.6 Å². The number of nitrogens with zero attached hydrogens (tertiary/aromatic N) is 10. The van der Waals surface area contributed by atoms with Crippen LogP contribution in [0.4, 0.5) is 11.6 Å². The van der Waals surface area contributed by atoms with Gasteiger partial charge in [0.2, 0.25) is 17.5 Å². The molecule has 0 saturated heterocycles. The lowest BCUT2D eigenvalue weighted by atomic mass is 10.1. The molecule has 4 aromatic heterocycles. The predicted molar refractivity (Wildman–Crippen MR) is 128 cm³/mol. The van der Waals surface area contributed by atoms with E-state index in [9.17, 15) is 0 Å². The second kappa shape index (κ2) is 7.46. The summed E-state index contributed by atoms with van der Waals surface area (Å²) in [6, 6.07) is 0. The zero-order chi connectivity index (χ0) is 24.3. The number of rotatable bonds is 0. The molecule has 5 rings (SSSR count). The summed E-state index contributed by atoms with van der Waals surface area (Å²) in [5.41, 5.74) is 9.40. The minimum Gasteiger partial charge on any atom is -0.317 e. The standard InChI is InChI=1S/C12H17N6.C10H15N5/c1-8-15-16(5)10-9-11(14-6-13-10)18(7-17(8)9)12(2,3)4;1-10(2,3)15-6-12-7-8(11)14(4)5-13-9(7)15/h6-7H,1-5H3;5-6,11H,1-4H3/q+1;/p+1. The van der Waals surface area contributed by atoms with Gasteiger partial charge in [-0.3, -0.25) is 4.57 Å². The highest BCUT2D eigenvalue weighted by Crippen LogP contribution is 2.26. The van der Waals surface area contributed by atoms with E-state index < -0.39 is 0 Å². The van der Waals surface area contributed by atoms with Gasteiger partial charge < -0.3 is 5.73 Å². The Morgan fingerprint density at radius 2 is 1.70 bits per heavy atom. The fourth-order valence-electron chi connectivity index (χ4n) is 3.77. The molecule has 1 aliphatic rings. The number of nitrogen functional groups attached to an aromatic ring is 1. The van der Waals surface area contributed by atoms with Crippen LogP contribution < -0.4 is 19.9 Å². The average Bonchev–Trinajstić information content (AvgIpc) is 3.32. The summed E-state index contributed by atoms with van der Waals surface area (Å²) >= 11 is 0. The first-order chi connectivity index (χ1) is 15.3. The molecular weight excluding hydrogens is 418 g/mol. The SMILES string of the molecule is CC1=NN(C)c2ncnc3c2n1c[n+]3C(C)(C)C.C[n+]1cnc2c(ncn2C(C)(C)C)c1N. The number of hydrazone groups is 1. The Balaban J connectivity index is 0.000000160. The summed E-state index contributed by atoms with van der Waals surface area (Å²) in [4.78, 5) is 17.4. The topological polar surface area (TPSA) is 111 Å². The molecule has 0 fully saturated rings. The van der Waals surface area contributed by atoms with Gasteiger partial charge in [0, 0.05) is 19.5 Å². The van der Waals surface area contributed by atoms with E-state index in [4.69, 9.17) is 5.73 Å². The van der Waals surface area contributed by atoms with Crippen molar-refractivity contribution in [1.29, 1.82) is 0 Å². The first-order valence-corrected chi connectivity index (χ1v) is 10.9. The molecule has 4 aromatic rings. The smallest absolute Gasteiger partial charge is 0.308 e. The second-order valence-electron chi connectivity index (χ2n) is 10.3. The molecule has 0 aliphatic carbocycles. The lowest BCUT2D eigenvalue weighted by Gasteiger charge is -2.19. The largest absolute Gasteiger partial charge is 0.317 e. The van der Waals surface area contributed by atoms with Crippen LogP contribution in [-0.4, -0.2) is 42.0 Å². The molecule has 174 valence electrons. The number of nitrogens with two attached hydrogens (primary N) is 1. The van der Waals surface area contributed by atoms with E-state index in [1.54, 1.807) is 28.6 Å². The third-order valence-corrected chi connectivity index (χ3v) is 5.60. The van der Waals surface area contributed by atoms with E-state index in [1.165, 1.54) is 0 Å². The lowest BCUT2D eigenvalue weighted by Crippen LogP contribution is -2.49. The fourth-order valence-corrected chi connectivity index (χ4v) is 3.77. The van der Waals surface area contributed by atoms with Crippen LogP contribution in [0.2, 0.25) is 0 Å². The molecule has 33 heavy (non-hydrogen) atoms. The average molecular weight is 452 g/mol. The van der Waals surface area contributed by atoms with Gasteiger partial charge in [0.1, 0.15) is 0 Å². The number of imidazole rings is 2. The maximum absolute atomic E-state index is 5.92. The van der Waals surface area contributed by atoms with Crippen molar-refractivity contribution in [3.63, 3.8) is 0 Å². The van der Waals surface area contributed by atoms with E-state index in [0.717, 1.165) is 34.0 Å². The Morgan fingerprint density at radius 3 is 2.33 bits per heavy atom. The van der Waals surface area contributed by atoms with Crippen molar-refractivity contribution in [3.8, 4) is 0 Å². The monoisotopic (exact) mass is 451 g/mol. The van der Waals surface area contributed by atoms with E-state index >= 15 is 0 Å². The molecule has 1 aliphatic heterocycles. The van der Waals surface area contributed by atoms with Crippen LogP contribution in [0.25, 0.3) is 22.3 Å². The van der Waals surface area contributed by atoms with Crippen LogP contribution in [0.1, 0.15) is 48.5 Å². The Labute approximate surface area is 193 Å². The van der Waals surface area contributed by atoms with Crippen molar-refractivity contribution in [1.82, 2.24) is 29.1 Å².